The quantitative estimate of drug-likeness (QED) is 0.641. The van der Waals surface area contributed by atoms with Crippen molar-refractivity contribution in [3.8, 4) is 22.3 Å². The summed E-state index contributed by atoms with van der Waals surface area (Å²) in [5.41, 5.74) is 1.35. The second-order valence-electron chi connectivity index (χ2n) is 6.67. The van der Waals surface area contributed by atoms with Gasteiger partial charge >= 0.3 is 6.18 Å². The maximum absolute atomic E-state index is 12.9. The van der Waals surface area contributed by atoms with Gasteiger partial charge in [-0.25, -0.2) is 13.1 Å². The Morgan fingerprint density at radius 2 is 1.52 bits per heavy atom. The molecule has 9 heteroatoms. The molecule has 0 radical (unpaired) electrons. The van der Waals surface area contributed by atoms with Gasteiger partial charge in [-0.2, -0.15) is 18.3 Å². The van der Waals surface area contributed by atoms with Gasteiger partial charge in [0.1, 0.15) is 6.54 Å². The lowest BCUT2D eigenvalue weighted by Crippen LogP contribution is -2.31. The fourth-order valence-corrected chi connectivity index (χ4v) is 3.50. The fraction of sp³-hybridized carbons (Fsp3) is 0.200. The molecule has 0 atom stereocenters. The SMILES string of the molecule is Cc1ccc(-c2c(-c3ccc(S(C)(=O)=O)cc3)cnn(CC(F)(F)F)c2=O)cc1. The van der Waals surface area contributed by atoms with E-state index < -0.39 is 28.1 Å². The van der Waals surface area contributed by atoms with E-state index in [1.54, 1.807) is 24.3 Å². The summed E-state index contributed by atoms with van der Waals surface area (Å²) in [6.07, 6.45) is -2.34. The molecule has 0 aliphatic heterocycles. The Kier molecular flexibility index (Phi) is 5.36. The molecule has 0 unspecified atom stereocenters. The Morgan fingerprint density at radius 1 is 0.966 bits per heavy atom. The molecule has 0 spiro atoms. The van der Waals surface area contributed by atoms with Gasteiger partial charge in [-0.1, -0.05) is 42.0 Å². The number of rotatable bonds is 4. The van der Waals surface area contributed by atoms with Crippen molar-refractivity contribution in [2.75, 3.05) is 6.26 Å². The van der Waals surface area contributed by atoms with Gasteiger partial charge in [-0.15, -0.1) is 0 Å². The summed E-state index contributed by atoms with van der Waals surface area (Å²) in [5, 5.41) is 3.68. The van der Waals surface area contributed by atoms with Crippen LogP contribution in [0, 0.1) is 6.92 Å². The highest BCUT2D eigenvalue weighted by Crippen LogP contribution is 2.30. The lowest BCUT2D eigenvalue weighted by Gasteiger charge is -2.14. The summed E-state index contributed by atoms with van der Waals surface area (Å²) < 4.78 is 62.2. The normalized spacial score (nSPS) is 12.2. The van der Waals surface area contributed by atoms with Crippen LogP contribution in [0.25, 0.3) is 22.3 Å². The third kappa shape index (κ3) is 4.73. The van der Waals surface area contributed by atoms with Crippen molar-refractivity contribution in [2.24, 2.45) is 0 Å². The molecule has 3 aromatic rings. The Balaban J connectivity index is 2.22. The first kappa shape index (κ1) is 20.8. The van der Waals surface area contributed by atoms with Gasteiger partial charge in [0.25, 0.3) is 5.56 Å². The van der Waals surface area contributed by atoms with Crippen molar-refractivity contribution in [1.29, 1.82) is 0 Å². The van der Waals surface area contributed by atoms with Gasteiger partial charge in [-0.3, -0.25) is 4.79 Å². The maximum Gasteiger partial charge on any atom is 0.408 e. The van der Waals surface area contributed by atoms with Crippen molar-refractivity contribution < 1.29 is 21.6 Å². The lowest BCUT2D eigenvalue weighted by atomic mass is 9.97. The summed E-state index contributed by atoms with van der Waals surface area (Å²) >= 11 is 0. The number of aromatic nitrogens is 2. The van der Waals surface area contributed by atoms with E-state index in [0.29, 0.717) is 21.4 Å². The molecule has 2 aromatic carbocycles. The number of halogens is 3. The summed E-state index contributed by atoms with van der Waals surface area (Å²) in [6.45, 7) is 0.348. The highest BCUT2D eigenvalue weighted by molar-refractivity contribution is 7.90. The maximum atomic E-state index is 12.9. The van der Waals surface area contributed by atoms with E-state index in [-0.39, 0.29) is 10.5 Å². The van der Waals surface area contributed by atoms with Crippen LogP contribution in [0.3, 0.4) is 0 Å². The van der Waals surface area contributed by atoms with Gasteiger partial charge in [0.2, 0.25) is 0 Å². The minimum Gasteiger partial charge on any atom is -0.267 e. The second-order valence-corrected chi connectivity index (χ2v) is 8.69. The van der Waals surface area contributed by atoms with E-state index in [2.05, 4.69) is 5.10 Å². The van der Waals surface area contributed by atoms with Crippen LogP contribution in [-0.2, 0) is 16.4 Å². The van der Waals surface area contributed by atoms with Crippen LogP contribution in [0.5, 0.6) is 0 Å². The number of hydrogen-bond donors (Lipinski definition) is 0. The van der Waals surface area contributed by atoms with Gasteiger partial charge in [-0.05, 0) is 30.2 Å². The number of hydrogen-bond acceptors (Lipinski definition) is 4. The third-order valence-corrected chi connectivity index (χ3v) is 5.44. The van der Waals surface area contributed by atoms with E-state index in [4.69, 9.17) is 0 Å². The number of nitrogens with zero attached hydrogens (tertiary/aromatic N) is 2. The van der Waals surface area contributed by atoms with Crippen LogP contribution in [0.4, 0.5) is 13.2 Å². The zero-order valence-corrected chi connectivity index (χ0v) is 16.4. The first-order chi connectivity index (χ1) is 13.5. The molecular weight excluding hydrogens is 405 g/mol. The van der Waals surface area contributed by atoms with Crippen molar-refractivity contribution in [1.82, 2.24) is 9.78 Å². The minimum absolute atomic E-state index is 0.0661. The highest BCUT2D eigenvalue weighted by Gasteiger charge is 2.30. The number of sulfone groups is 1. The van der Waals surface area contributed by atoms with Crippen molar-refractivity contribution in [2.45, 2.75) is 24.5 Å². The molecule has 0 aliphatic rings. The molecule has 29 heavy (non-hydrogen) atoms. The first-order valence-electron chi connectivity index (χ1n) is 8.50. The molecule has 5 nitrogen and oxygen atoms in total. The van der Waals surface area contributed by atoms with Gasteiger partial charge in [0.15, 0.2) is 9.84 Å². The van der Waals surface area contributed by atoms with Gasteiger partial charge in [0, 0.05) is 11.8 Å². The highest BCUT2D eigenvalue weighted by atomic mass is 32.2. The topological polar surface area (TPSA) is 69.0 Å². The van der Waals surface area contributed by atoms with E-state index in [9.17, 15) is 26.4 Å². The molecular formula is C20H17F3N2O3S. The Morgan fingerprint density at radius 3 is 2.03 bits per heavy atom. The molecule has 0 bridgehead atoms. The fourth-order valence-electron chi connectivity index (χ4n) is 2.87. The molecule has 0 N–H and O–H groups in total. The molecule has 0 aliphatic carbocycles. The number of benzene rings is 2. The molecule has 0 saturated heterocycles. The predicted octanol–water partition coefficient (Wildman–Crippen LogP) is 3.85. The van der Waals surface area contributed by atoms with Gasteiger partial charge in [0.05, 0.1) is 16.7 Å². The Labute approximate surface area is 165 Å². The van der Waals surface area contributed by atoms with Crippen LogP contribution < -0.4 is 5.56 Å². The summed E-state index contributed by atoms with van der Waals surface area (Å²) in [7, 11) is -3.41. The number of aryl methyl sites for hydroxylation is 1. The van der Waals surface area contributed by atoms with Crippen molar-refractivity contribution >= 4 is 9.84 Å². The van der Waals surface area contributed by atoms with Gasteiger partial charge < -0.3 is 0 Å². The van der Waals surface area contributed by atoms with Crippen LogP contribution in [0.15, 0.2) is 64.4 Å². The van der Waals surface area contributed by atoms with Crippen LogP contribution in [0.2, 0.25) is 0 Å². The third-order valence-electron chi connectivity index (χ3n) is 4.31. The van der Waals surface area contributed by atoms with E-state index in [1.807, 2.05) is 6.92 Å². The van der Waals surface area contributed by atoms with E-state index >= 15 is 0 Å². The zero-order valence-electron chi connectivity index (χ0n) is 15.6. The monoisotopic (exact) mass is 422 g/mol. The molecule has 152 valence electrons. The minimum atomic E-state index is -4.60. The molecule has 3 rings (SSSR count). The predicted molar refractivity (Wildman–Crippen MR) is 103 cm³/mol. The van der Waals surface area contributed by atoms with Crippen LogP contribution in [0.1, 0.15) is 5.56 Å². The van der Waals surface area contributed by atoms with E-state index in [0.717, 1.165) is 11.8 Å². The van der Waals surface area contributed by atoms with Crippen molar-refractivity contribution in [3.05, 3.63) is 70.6 Å². The summed E-state index contributed by atoms with van der Waals surface area (Å²) in [4.78, 5) is 13.0. The van der Waals surface area contributed by atoms with Crippen molar-refractivity contribution in [3.63, 3.8) is 0 Å². The standard InChI is InChI=1S/C20H17F3N2O3S/c1-13-3-5-15(6-4-13)18-17(11-24-25(19(18)26)12-20(21,22)23)14-7-9-16(10-8-14)29(2,27)28/h3-11H,12H2,1-2H3. The molecule has 0 saturated carbocycles. The molecule has 0 amide bonds. The number of alkyl halides is 3. The largest absolute Gasteiger partial charge is 0.408 e. The average molecular weight is 422 g/mol. The first-order valence-corrected chi connectivity index (χ1v) is 10.4. The molecule has 0 fully saturated rings. The molecule has 1 aromatic heterocycles. The summed E-state index contributed by atoms with van der Waals surface area (Å²) in [5.74, 6) is 0. The van der Waals surface area contributed by atoms with Crippen LogP contribution >= 0.6 is 0 Å². The summed E-state index contributed by atoms with van der Waals surface area (Å²) in [6, 6.07) is 12.6. The average Bonchev–Trinajstić information content (AvgIpc) is 2.62. The van der Waals surface area contributed by atoms with Crippen LogP contribution in [-0.4, -0.2) is 30.6 Å². The molecule has 1 heterocycles. The zero-order chi connectivity index (χ0) is 21.4. The van der Waals surface area contributed by atoms with E-state index in [1.165, 1.54) is 30.5 Å². The lowest BCUT2D eigenvalue weighted by molar-refractivity contribution is -0.143. The second kappa shape index (κ2) is 7.47. The Bertz CT molecular complexity index is 1200. The smallest absolute Gasteiger partial charge is 0.267 e. The Hall–Kier alpha value is -2.94.